The van der Waals surface area contributed by atoms with E-state index >= 15 is 0 Å². The molecule has 0 fully saturated rings. The summed E-state index contributed by atoms with van der Waals surface area (Å²) >= 11 is 8.69. The van der Waals surface area contributed by atoms with Crippen molar-refractivity contribution in [1.82, 2.24) is 0 Å². The maximum Gasteiger partial charge on any atom is 0.261 e. The van der Waals surface area contributed by atoms with Gasteiger partial charge in [0.2, 0.25) is 0 Å². The van der Waals surface area contributed by atoms with Crippen LogP contribution >= 0.6 is 27.5 Å². The van der Waals surface area contributed by atoms with E-state index in [0.29, 0.717) is 0 Å². The van der Waals surface area contributed by atoms with E-state index in [9.17, 15) is 13.6 Å². The van der Waals surface area contributed by atoms with E-state index < -0.39 is 23.1 Å². The molecular formula is C14H6BrClF2N2O. The van der Waals surface area contributed by atoms with Crippen LogP contribution in [0.15, 0.2) is 34.8 Å². The highest BCUT2D eigenvalue weighted by molar-refractivity contribution is 9.10. The number of nitrogens with zero attached hydrogens (tertiary/aromatic N) is 1. The number of amides is 1. The molecule has 0 atom stereocenters. The maximum absolute atomic E-state index is 13.7. The molecule has 2 rings (SSSR count). The summed E-state index contributed by atoms with van der Waals surface area (Å²) in [6.45, 7) is 0. The average molecular weight is 372 g/mol. The highest BCUT2D eigenvalue weighted by Gasteiger charge is 2.19. The molecule has 0 radical (unpaired) electrons. The first-order valence-corrected chi connectivity index (χ1v) is 6.75. The monoisotopic (exact) mass is 370 g/mol. The molecule has 21 heavy (non-hydrogen) atoms. The van der Waals surface area contributed by atoms with Crippen LogP contribution in [0.1, 0.15) is 15.9 Å². The second-order valence-electron chi connectivity index (χ2n) is 4.00. The number of benzene rings is 2. The zero-order valence-corrected chi connectivity index (χ0v) is 12.6. The molecule has 0 aliphatic rings. The largest absolute Gasteiger partial charge is 0.321 e. The molecule has 0 saturated heterocycles. The van der Waals surface area contributed by atoms with Gasteiger partial charge in [0.15, 0.2) is 0 Å². The number of hydrogen-bond donors (Lipinski definition) is 1. The maximum atomic E-state index is 13.7. The van der Waals surface area contributed by atoms with Gasteiger partial charge in [-0.2, -0.15) is 5.26 Å². The average Bonchev–Trinajstić information content (AvgIpc) is 2.37. The van der Waals surface area contributed by atoms with Gasteiger partial charge in [-0.1, -0.05) is 27.5 Å². The van der Waals surface area contributed by atoms with Crippen molar-refractivity contribution in [3.05, 3.63) is 62.6 Å². The van der Waals surface area contributed by atoms with E-state index in [1.54, 1.807) is 0 Å². The van der Waals surface area contributed by atoms with E-state index in [1.165, 1.54) is 18.2 Å². The van der Waals surface area contributed by atoms with Crippen molar-refractivity contribution in [2.24, 2.45) is 0 Å². The zero-order valence-electron chi connectivity index (χ0n) is 10.3. The first-order valence-electron chi connectivity index (χ1n) is 5.58. The molecule has 106 valence electrons. The minimum atomic E-state index is -1.01. The van der Waals surface area contributed by atoms with Gasteiger partial charge in [0.05, 0.1) is 11.3 Å². The number of carbonyl (C=O) groups is 1. The third-order valence-electron chi connectivity index (χ3n) is 2.58. The van der Waals surface area contributed by atoms with Crippen molar-refractivity contribution in [3.8, 4) is 6.07 Å². The number of nitrogens with one attached hydrogen (secondary N) is 1. The first kappa shape index (κ1) is 15.4. The SMILES string of the molecule is N#Cc1ccc(Cl)cc1NC(=O)c1c(F)cc(Br)cc1F. The van der Waals surface area contributed by atoms with Gasteiger partial charge < -0.3 is 5.32 Å². The second-order valence-corrected chi connectivity index (χ2v) is 5.35. The predicted octanol–water partition coefficient (Wildman–Crippen LogP) is 4.50. The third-order valence-corrected chi connectivity index (χ3v) is 3.28. The van der Waals surface area contributed by atoms with E-state index in [0.717, 1.165) is 12.1 Å². The van der Waals surface area contributed by atoms with Gasteiger partial charge in [-0.25, -0.2) is 8.78 Å². The smallest absolute Gasteiger partial charge is 0.261 e. The van der Waals surface area contributed by atoms with Crippen molar-refractivity contribution in [2.75, 3.05) is 5.32 Å². The van der Waals surface area contributed by atoms with Crippen LogP contribution in [0.3, 0.4) is 0 Å². The van der Waals surface area contributed by atoms with Crippen molar-refractivity contribution in [2.45, 2.75) is 0 Å². The number of anilines is 1. The Kier molecular flexibility index (Phi) is 4.56. The Bertz CT molecular complexity index is 751. The van der Waals surface area contributed by atoms with Crippen LogP contribution in [0.25, 0.3) is 0 Å². The summed E-state index contributed by atoms with van der Waals surface area (Å²) in [5.41, 5.74) is -0.524. The summed E-state index contributed by atoms with van der Waals surface area (Å²) in [7, 11) is 0. The topological polar surface area (TPSA) is 52.9 Å². The Hall–Kier alpha value is -1.97. The summed E-state index contributed by atoms with van der Waals surface area (Å²) < 4.78 is 27.6. The van der Waals surface area contributed by atoms with Crippen LogP contribution in [0, 0.1) is 23.0 Å². The first-order chi connectivity index (χ1) is 9.92. The molecule has 2 aromatic carbocycles. The quantitative estimate of drug-likeness (QED) is 0.845. The van der Waals surface area contributed by atoms with E-state index in [-0.39, 0.29) is 20.7 Å². The van der Waals surface area contributed by atoms with Crippen molar-refractivity contribution >= 4 is 39.1 Å². The zero-order chi connectivity index (χ0) is 15.6. The lowest BCUT2D eigenvalue weighted by atomic mass is 10.1. The summed E-state index contributed by atoms with van der Waals surface area (Å²) in [4.78, 5) is 12.0. The minimum Gasteiger partial charge on any atom is -0.321 e. The van der Waals surface area contributed by atoms with Crippen LogP contribution in [-0.4, -0.2) is 5.91 Å². The summed E-state index contributed by atoms with van der Waals surface area (Å²) in [5, 5.41) is 11.5. The standard InChI is InChI=1S/C14H6BrClF2N2O/c15-8-3-10(17)13(11(18)4-8)14(21)20-12-5-9(16)2-1-7(12)6-19/h1-5H,(H,20,21). The van der Waals surface area contributed by atoms with E-state index in [2.05, 4.69) is 21.2 Å². The van der Waals surface area contributed by atoms with E-state index in [4.69, 9.17) is 16.9 Å². The molecule has 0 spiro atoms. The Labute approximate surface area is 132 Å². The normalized spacial score (nSPS) is 10.0. The molecule has 0 heterocycles. The number of halogens is 4. The Morgan fingerprint density at radius 2 is 1.86 bits per heavy atom. The molecule has 0 bridgehead atoms. The molecule has 1 amide bonds. The molecule has 0 aliphatic carbocycles. The van der Waals surface area contributed by atoms with Crippen LogP contribution in [-0.2, 0) is 0 Å². The fraction of sp³-hybridized carbons (Fsp3) is 0. The number of hydrogen-bond acceptors (Lipinski definition) is 2. The lowest BCUT2D eigenvalue weighted by molar-refractivity contribution is 0.101. The van der Waals surface area contributed by atoms with Gasteiger partial charge >= 0.3 is 0 Å². The van der Waals surface area contributed by atoms with Gasteiger partial charge in [-0.15, -0.1) is 0 Å². The molecule has 3 nitrogen and oxygen atoms in total. The molecule has 0 saturated carbocycles. The van der Waals surface area contributed by atoms with Gasteiger partial charge in [0.1, 0.15) is 23.3 Å². The lowest BCUT2D eigenvalue weighted by Gasteiger charge is -2.09. The van der Waals surface area contributed by atoms with Gasteiger partial charge in [0, 0.05) is 9.50 Å². The number of carbonyl (C=O) groups excluding carboxylic acids is 1. The summed E-state index contributed by atoms with van der Waals surface area (Å²) in [6, 6.07) is 7.99. The second kappa shape index (κ2) is 6.20. The van der Waals surface area contributed by atoms with Crippen LogP contribution in [0.5, 0.6) is 0 Å². The van der Waals surface area contributed by atoms with Crippen LogP contribution < -0.4 is 5.32 Å². The Morgan fingerprint density at radius 1 is 1.24 bits per heavy atom. The van der Waals surface area contributed by atoms with Gasteiger partial charge in [0.25, 0.3) is 5.91 Å². The fourth-order valence-electron chi connectivity index (χ4n) is 1.66. The van der Waals surface area contributed by atoms with Gasteiger partial charge in [-0.05, 0) is 30.3 Å². The molecular weight excluding hydrogens is 366 g/mol. The predicted molar refractivity (Wildman–Crippen MR) is 78.2 cm³/mol. The molecule has 1 N–H and O–H groups in total. The van der Waals surface area contributed by atoms with Crippen molar-refractivity contribution in [1.29, 1.82) is 5.26 Å². The van der Waals surface area contributed by atoms with E-state index in [1.807, 2.05) is 6.07 Å². The van der Waals surface area contributed by atoms with Crippen LogP contribution in [0.4, 0.5) is 14.5 Å². The molecule has 0 aliphatic heterocycles. The Balaban J connectivity index is 2.40. The highest BCUT2D eigenvalue weighted by atomic mass is 79.9. The Morgan fingerprint density at radius 3 is 2.43 bits per heavy atom. The minimum absolute atomic E-state index is 0.0803. The molecule has 0 aromatic heterocycles. The van der Waals surface area contributed by atoms with Crippen LogP contribution in [0.2, 0.25) is 5.02 Å². The third kappa shape index (κ3) is 3.38. The summed E-state index contributed by atoms with van der Waals surface area (Å²) in [6.07, 6.45) is 0. The molecule has 0 unspecified atom stereocenters. The number of rotatable bonds is 2. The van der Waals surface area contributed by atoms with Gasteiger partial charge in [-0.3, -0.25) is 4.79 Å². The van der Waals surface area contributed by atoms with Crippen molar-refractivity contribution in [3.63, 3.8) is 0 Å². The molecule has 7 heteroatoms. The fourth-order valence-corrected chi connectivity index (χ4v) is 2.24. The summed E-state index contributed by atoms with van der Waals surface area (Å²) in [5.74, 6) is -3.03. The highest BCUT2D eigenvalue weighted by Crippen LogP contribution is 2.24. The lowest BCUT2D eigenvalue weighted by Crippen LogP contribution is -2.16. The number of nitriles is 1. The molecule has 2 aromatic rings. The van der Waals surface area contributed by atoms with Crippen molar-refractivity contribution < 1.29 is 13.6 Å².